The number of benzene rings is 10. The summed E-state index contributed by atoms with van der Waals surface area (Å²) in [6, 6.07) is 65.4. The highest BCUT2D eigenvalue weighted by Crippen LogP contribution is 2.17. The topological polar surface area (TPSA) is 154 Å². The molecule has 0 aliphatic heterocycles. The largest absolute Gasteiger partial charge is 0.255 e. The van der Waals surface area contributed by atoms with Crippen LogP contribution >= 0.6 is 0 Å². The summed E-state index contributed by atoms with van der Waals surface area (Å²) in [6.07, 6.45) is 19.1. The first kappa shape index (κ1) is 79.3. The van der Waals surface area contributed by atoms with E-state index in [-0.39, 0.29) is 58.2 Å². The molecule has 0 unspecified atom stereocenters. The van der Waals surface area contributed by atoms with Crippen molar-refractivity contribution in [1.82, 2.24) is 73.8 Å². The molecule has 30 heteroatoms. The minimum atomic E-state index is -2.22. The van der Waals surface area contributed by atoms with Crippen molar-refractivity contribution in [2.45, 2.75) is 63.6 Å². The molecule has 0 bridgehead atoms. The van der Waals surface area contributed by atoms with Crippen LogP contribution in [0.5, 0.6) is 0 Å². The molecule has 0 amide bonds. The van der Waals surface area contributed by atoms with Crippen molar-refractivity contribution in [3.63, 3.8) is 0 Å². The molecule has 0 atom stereocenters. The van der Waals surface area contributed by atoms with Gasteiger partial charge in [0.25, 0.3) is 0 Å². The minimum Gasteiger partial charge on any atom is -0.255 e. The normalized spacial score (nSPS) is 11.6. The lowest BCUT2D eigenvalue weighted by Crippen LogP contribution is -2.59. The van der Waals surface area contributed by atoms with Crippen LogP contribution in [0, 0.1) is 58.2 Å². The molecule has 5 heterocycles. The molecule has 0 saturated heterocycles. The zero-order valence-electron chi connectivity index (χ0n) is 60.4. The lowest BCUT2D eigenvalue weighted by atomic mass is 10.3. The number of aromatic nitrogens is 15. The Bertz CT molecular complexity index is 4250. The van der Waals surface area contributed by atoms with E-state index in [1.807, 2.05) is 121 Å². The first-order chi connectivity index (χ1) is 52.9. The Labute approximate surface area is 634 Å². The number of hydrogen-bond donors (Lipinski definition) is 0. The summed E-state index contributed by atoms with van der Waals surface area (Å²) in [6.45, 7) is 10.8. The molecule has 110 heavy (non-hydrogen) atoms. The highest BCUT2D eigenvalue weighted by atomic mass is 28.3. The minimum absolute atomic E-state index is 0.264. The van der Waals surface area contributed by atoms with Crippen molar-refractivity contribution < 1.29 is 43.9 Å². The Morgan fingerprint density at radius 3 is 0.364 bits per heavy atom. The van der Waals surface area contributed by atoms with Gasteiger partial charge in [-0.1, -0.05) is 206 Å². The molecule has 560 valence electrons. The quantitative estimate of drug-likeness (QED) is 0.0532. The van der Waals surface area contributed by atoms with Crippen molar-refractivity contribution in [1.29, 1.82) is 0 Å². The molecule has 10 aromatic carbocycles. The number of rotatable bonds is 20. The van der Waals surface area contributed by atoms with Crippen molar-refractivity contribution >= 4 is 92.2 Å². The Balaban J connectivity index is 0.000000136. The number of hydrogen-bond acceptors (Lipinski definition) is 10. The average Bonchev–Trinajstić information content (AvgIpc) is 1.09. The fraction of sp³-hybridized carbons (Fsp3) is 0.125. The lowest BCUT2D eigenvalue weighted by molar-refractivity contribution is 0.627. The first-order valence-corrected chi connectivity index (χ1v) is 48.2. The zero-order valence-corrected chi connectivity index (χ0v) is 65.4. The van der Waals surface area contributed by atoms with Gasteiger partial charge in [0, 0.05) is 30.8 Å². The molecule has 0 saturated carbocycles. The summed E-state index contributed by atoms with van der Waals surface area (Å²) < 4.78 is 141. The Morgan fingerprint density at radius 1 is 0.182 bits per heavy atom. The smallest absolute Gasteiger partial charge is 0.137 e. The highest BCUT2D eigenvalue weighted by Gasteiger charge is 2.38. The molecule has 0 aliphatic carbocycles. The SMILES string of the molecule is C[Si](Cn1cncn1)(c1ccc(F)cc1)c1ccc(F)cc1.C[Si](Cn1cncn1)(c1ccc(F)cc1)c1ccc(F)cc1.C[Si](Cn1cncn1)(c1ccc(F)cc1)c1ccc(F)cc1.C[Si](Cn1cncn1)(c1ccc(F)cc1)c1ccc(F)cc1.C[Si](Cn1cncn1)(c1ccc(F)cc1)c1ccc(F)cc1. The third kappa shape index (κ3) is 20.2. The second-order valence-corrected chi connectivity index (χ2v) is 47.9. The van der Waals surface area contributed by atoms with Gasteiger partial charge in [0.1, 0.15) is 162 Å². The fourth-order valence-electron chi connectivity index (χ4n) is 13.1. The molecule has 0 N–H and O–H groups in total. The first-order valence-electron chi connectivity index (χ1n) is 34.6. The van der Waals surface area contributed by atoms with Crippen LogP contribution in [0.2, 0.25) is 32.7 Å². The Kier molecular flexibility index (Phi) is 26.0. The Morgan fingerprint density at radius 2 is 0.282 bits per heavy atom. The van der Waals surface area contributed by atoms with Crippen molar-refractivity contribution in [3.8, 4) is 0 Å². The van der Waals surface area contributed by atoms with E-state index >= 15 is 0 Å². The van der Waals surface area contributed by atoms with E-state index in [2.05, 4.69) is 83.1 Å². The van der Waals surface area contributed by atoms with Crippen molar-refractivity contribution in [3.05, 3.63) is 364 Å². The van der Waals surface area contributed by atoms with Gasteiger partial charge in [-0.25, -0.2) is 68.8 Å². The lowest BCUT2D eigenvalue weighted by Gasteiger charge is -2.28. The molecular weight excluding hydrogens is 1500 g/mol. The molecular formula is C80H75F10N15Si5. The van der Waals surface area contributed by atoms with Gasteiger partial charge in [0.05, 0.1) is 0 Å². The molecule has 0 spiro atoms. The molecule has 0 fully saturated rings. The van der Waals surface area contributed by atoms with E-state index in [0.717, 1.165) is 51.9 Å². The maximum atomic E-state index is 13.2. The summed E-state index contributed by atoms with van der Waals surface area (Å²) in [4.78, 5) is 19.9. The Hall–Kier alpha value is -11.7. The van der Waals surface area contributed by atoms with E-state index in [1.54, 1.807) is 55.0 Å². The molecule has 5 aromatic heterocycles. The predicted octanol–water partition coefficient (Wildman–Crippen LogP) is 9.94. The predicted molar refractivity (Wildman–Crippen MR) is 419 cm³/mol. The van der Waals surface area contributed by atoms with Crippen LogP contribution in [0.25, 0.3) is 0 Å². The van der Waals surface area contributed by atoms with Crippen LogP contribution in [-0.4, -0.2) is 114 Å². The monoisotopic (exact) mass is 1580 g/mol. The van der Waals surface area contributed by atoms with Gasteiger partial charge in [-0.3, -0.25) is 23.4 Å². The molecule has 0 aliphatic rings. The van der Waals surface area contributed by atoms with E-state index in [1.165, 1.54) is 153 Å². The van der Waals surface area contributed by atoms with Gasteiger partial charge < -0.3 is 0 Å². The maximum Gasteiger partial charge on any atom is 0.137 e. The second kappa shape index (κ2) is 36.0. The third-order valence-corrected chi connectivity index (χ3v) is 40.4. The van der Waals surface area contributed by atoms with Gasteiger partial charge in [0.2, 0.25) is 0 Å². The third-order valence-electron chi connectivity index (χ3n) is 19.5. The van der Waals surface area contributed by atoms with Crippen molar-refractivity contribution in [2.75, 3.05) is 0 Å². The molecule has 0 radical (unpaired) electrons. The van der Waals surface area contributed by atoms with Crippen LogP contribution in [0.3, 0.4) is 0 Å². The van der Waals surface area contributed by atoms with Gasteiger partial charge in [-0.15, -0.1) is 0 Å². The van der Waals surface area contributed by atoms with Crippen LogP contribution in [0.1, 0.15) is 0 Å². The van der Waals surface area contributed by atoms with E-state index in [0.29, 0.717) is 30.8 Å². The van der Waals surface area contributed by atoms with Crippen LogP contribution in [0.15, 0.2) is 306 Å². The fourth-order valence-corrected chi connectivity index (χ4v) is 29.7. The zero-order chi connectivity index (χ0) is 77.9. The van der Waals surface area contributed by atoms with Gasteiger partial charge in [0.15, 0.2) is 0 Å². The number of halogens is 10. The van der Waals surface area contributed by atoms with Crippen LogP contribution in [0.4, 0.5) is 43.9 Å². The van der Waals surface area contributed by atoms with Crippen LogP contribution < -0.4 is 51.9 Å². The standard InChI is InChI=1S/5C16H15F2N3Si/c5*1-22(12-21-11-19-10-20-21,15-6-2-13(17)3-7-15)16-8-4-14(18)5-9-16/h5*2-11H,12H2,1H3. The summed E-state index contributed by atoms with van der Waals surface area (Å²) >= 11 is 0. The summed E-state index contributed by atoms with van der Waals surface area (Å²) in [5.41, 5.74) is 0. The maximum absolute atomic E-state index is 13.2. The van der Waals surface area contributed by atoms with Crippen LogP contribution in [-0.2, 0) is 30.8 Å². The van der Waals surface area contributed by atoms with E-state index < -0.39 is 40.4 Å². The average molecular weight is 1580 g/mol. The molecule has 15 nitrogen and oxygen atoms in total. The van der Waals surface area contributed by atoms with E-state index in [4.69, 9.17) is 0 Å². The van der Waals surface area contributed by atoms with E-state index in [9.17, 15) is 43.9 Å². The van der Waals surface area contributed by atoms with Gasteiger partial charge >= 0.3 is 0 Å². The molecule has 15 aromatic rings. The summed E-state index contributed by atoms with van der Waals surface area (Å²) in [7, 11) is -11.1. The van der Waals surface area contributed by atoms with Gasteiger partial charge in [-0.2, -0.15) is 25.5 Å². The number of nitrogens with zero attached hydrogens (tertiary/aromatic N) is 15. The molecule has 15 rings (SSSR count). The highest BCUT2D eigenvalue weighted by molar-refractivity contribution is 7.02. The van der Waals surface area contributed by atoms with Gasteiger partial charge in [-0.05, 0) is 121 Å². The van der Waals surface area contributed by atoms with Crippen molar-refractivity contribution in [2.24, 2.45) is 0 Å². The second-order valence-electron chi connectivity index (χ2n) is 27.2. The summed E-state index contributed by atoms with van der Waals surface area (Å²) in [5, 5.41) is 31.6. The summed E-state index contributed by atoms with van der Waals surface area (Å²) in [5.74, 6) is -2.64.